The number of hydrogen-bond acceptors (Lipinski definition) is 1. The normalized spacial score (nSPS) is 23.3. The van der Waals surface area contributed by atoms with Crippen LogP contribution < -0.4 is 5.73 Å². The molecule has 3 nitrogen and oxygen atoms in total. The summed E-state index contributed by atoms with van der Waals surface area (Å²) in [6, 6.07) is -0.283. The van der Waals surface area contributed by atoms with Gasteiger partial charge in [0.25, 0.3) is 0 Å². The molecule has 11 heavy (non-hydrogen) atoms. The molecule has 0 aromatic carbocycles. The summed E-state index contributed by atoms with van der Waals surface area (Å²) in [5.41, 5.74) is 5.21. The van der Waals surface area contributed by atoms with Crippen LogP contribution >= 0.6 is 0 Å². The lowest BCUT2D eigenvalue weighted by molar-refractivity contribution is 0.109. The molecule has 1 aliphatic rings. The number of likely N-dealkylation sites (tertiary alicyclic amines) is 1. The van der Waals surface area contributed by atoms with Gasteiger partial charge in [-0.1, -0.05) is 0 Å². The van der Waals surface area contributed by atoms with Gasteiger partial charge in [-0.2, -0.15) is 0 Å². The van der Waals surface area contributed by atoms with E-state index in [-0.39, 0.29) is 11.6 Å². The molecule has 64 valence electrons. The Balaban J connectivity index is 2.67. The number of nitrogens with two attached hydrogens (primary N) is 1. The minimum atomic E-state index is -0.283. The lowest BCUT2D eigenvalue weighted by Crippen LogP contribution is -2.52. The molecule has 0 atom stereocenters. The zero-order chi connectivity index (χ0) is 8.48. The highest BCUT2D eigenvalue weighted by Gasteiger charge is 2.31. The molecule has 0 radical (unpaired) electrons. The predicted molar refractivity (Wildman–Crippen MR) is 44.2 cm³/mol. The topological polar surface area (TPSA) is 46.3 Å². The average molecular weight is 156 g/mol. The van der Waals surface area contributed by atoms with Gasteiger partial charge in [0.05, 0.1) is 0 Å². The fraction of sp³-hybridized carbons (Fsp3) is 0.875. The molecular formula is C8H16N2O. The van der Waals surface area contributed by atoms with Crippen molar-refractivity contribution in [3.8, 4) is 0 Å². The van der Waals surface area contributed by atoms with Gasteiger partial charge >= 0.3 is 6.03 Å². The molecule has 1 fully saturated rings. The second kappa shape index (κ2) is 2.72. The van der Waals surface area contributed by atoms with E-state index in [1.165, 1.54) is 6.42 Å². The molecule has 3 heteroatoms. The van der Waals surface area contributed by atoms with Gasteiger partial charge in [0.2, 0.25) is 0 Å². The van der Waals surface area contributed by atoms with Gasteiger partial charge in [-0.15, -0.1) is 0 Å². The number of hydrogen-bond donors (Lipinski definition) is 1. The van der Waals surface area contributed by atoms with Crippen LogP contribution in [0.3, 0.4) is 0 Å². The number of urea groups is 1. The van der Waals surface area contributed by atoms with E-state index < -0.39 is 0 Å². The molecule has 0 saturated carbocycles. The van der Waals surface area contributed by atoms with Gasteiger partial charge in [-0.3, -0.25) is 0 Å². The standard InChI is InChI=1S/C8H16N2O/c1-8(2)5-3-4-6-10(8)7(9)11/h3-6H2,1-2H3,(H2,9,11). The van der Waals surface area contributed by atoms with Gasteiger partial charge in [-0.25, -0.2) is 4.79 Å². The smallest absolute Gasteiger partial charge is 0.315 e. The minimum absolute atomic E-state index is 0.0237. The number of carbonyl (C=O) groups excluding carboxylic acids is 1. The molecule has 0 aromatic rings. The monoisotopic (exact) mass is 156 g/mol. The summed E-state index contributed by atoms with van der Waals surface area (Å²) in [6.45, 7) is 4.95. The molecule has 1 aliphatic heterocycles. The molecule has 2 N–H and O–H groups in total. The summed E-state index contributed by atoms with van der Waals surface area (Å²) in [7, 11) is 0. The lowest BCUT2D eigenvalue weighted by atomic mass is 9.91. The maximum Gasteiger partial charge on any atom is 0.315 e. The Hall–Kier alpha value is -0.730. The van der Waals surface area contributed by atoms with Crippen molar-refractivity contribution >= 4 is 6.03 Å². The Bertz CT molecular complexity index is 165. The van der Waals surface area contributed by atoms with E-state index in [2.05, 4.69) is 13.8 Å². The van der Waals surface area contributed by atoms with E-state index in [1.807, 2.05) is 0 Å². The van der Waals surface area contributed by atoms with E-state index >= 15 is 0 Å². The van der Waals surface area contributed by atoms with Crippen LogP contribution in [0.4, 0.5) is 4.79 Å². The van der Waals surface area contributed by atoms with Crippen molar-refractivity contribution in [1.29, 1.82) is 0 Å². The van der Waals surface area contributed by atoms with Gasteiger partial charge in [-0.05, 0) is 33.1 Å². The van der Waals surface area contributed by atoms with Crippen LogP contribution in [-0.2, 0) is 0 Å². The zero-order valence-corrected chi connectivity index (χ0v) is 7.26. The second-order valence-electron chi connectivity index (χ2n) is 3.76. The molecule has 1 rings (SSSR count). The van der Waals surface area contributed by atoms with Crippen molar-refractivity contribution in [3.05, 3.63) is 0 Å². The number of nitrogens with zero attached hydrogens (tertiary/aromatic N) is 1. The van der Waals surface area contributed by atoms with Crippen LogP contribution in [0.2, 0.25) is 0 Å². The van der Waals surface area contributed by atoms with E-state index in [0.29, 0.717) is 0 Å². The Labute approximate surface area is 67.5 Å². The third-order valence-electron chi connectivity index (χ3n) is 2.42. The van der Waals surface area contributed by atoms with E-state index in [9.17, 15) is 4.79 Å². The van der Waals surface area contributed by atoms with Crippen molar-refractivity contribution in [2.24, 2.45) is 5.73 Å². The molecule has 1 saturated heterocycles. The number of carbonyl (C=O) groups is 1. The first-order valence-corrected chi connectivity index (χ1v) is 4.11. The number of rotatable bonds is 0. The molecule has 0 aliphatic carbocycles. The van der Waals surface area contributed by atoms with E-state index in [4.69, 9.17) is 5.73 Å². The molecule has 0 bridgehead atoms. The van der Waals surface area contributed by atoms with Gasteiger partial charge in [0.15, 0.2) is 0 Å². The highest BCUT2D eigenvalue weighted by Crippen LogP contribution is 2.26. The predicted octanol–water partition coefficient (Wildman–Crippen LogP) is 1.33. The first-order chi connectivity index (χ1) is 5.04. The van der Waals surface area contributed by atoms with Crippen molar-refractivity contribution in [1.82, 2.24) is 4.90 Å². The quantitative estimate of drug-likeness (QED) is 0.565. The maximum absolute atomic E-state index is 10.9. The fourth-order valence-electron chi connectivity index (χ4n) is 1.67. The highest BCUT2D eigenvalue weighted by molar-refractivity contribution is 5.73. The number of primary amides is 1. The van der Waals surface area contributed by atoms with Crippen LogP contribution in [0, 0.1) is 0 Å². The molecule has 2 amide bonds. The van der Waals surface area contributed by atoms with E-state index in [1.54, 1.807) is 4.90 Å². The van der Waals surface area contributed by atoms with E-state index in [0.717, 1.165) is 19.4 Å². The molecule has 0 spiro atoms. The van der Waals surface area contributed by atoms with Crippen LogP contribution in [0.5, 0.6) is 0 Å². The second-order valence-corrected chi connectivity index (χ2v) is 3.76. The summed E-state index contributed by atoms with van der Waals surface area (Å²) in [5, 5.41) is 0. The molecule has 0 aromatic heterocycles. The summed E-state index contributed by atoms with van der Waals surface area (Å²) in [5.74, 6) is 0. The highest BCUT2D eigenvalue weighted by atomic mass is 16.2. The Morgan fingerprint density at radius 2 is 2.09 bits per heavy atom. The van der Waals surface area contributed by atoms with Gasteiger partial charge < -0.3 is 10.6 Å². The van der Waals surface area contributed by atoms with Gasteiger partial charge in [0, 0.05) is 12.1 Å². The Morgan fingerprint density at radius 1 is 1.45 bits per heavy atom. The summed E-state index contributed by atoms with van der Waals surface area (Å²) >= 11 is 0. The van der Waals surface area contributed by atoms with Crippen molar-refractivity contribution < 1.29 is 4.79 Å². The molecule has 0 unspecified atom stereocenters. The fourth-order valence-corrected chi connectivity index (χ4v) is 1.67. The van der Waals surface area contributed by atoms with Crippen LogP contribution in [0.15, 0.2) is 0 Å². The van der Waals surface area contributed by atoms with Crippen molar-refractivity contribution in [2.45, 2.75) is 38.6 Å². The SMILES string of the molecule is CC1(C)CCCCN1C(N)=O. The molecule has 1 heterocycles. The Morgan fingerprint density at radius 3 is 2.45 bits per heavy atom. The third-order valence-corrected chi connectivity index (χ3v) is 2.42. The van der Waals surface area contributed by atoms with Crippen LogP contribution in [0.25, 0.3) is 0 Å². The summed E-state index contributed by atoms with van der Waals surface area (Å²) in [6.07, 6.45) is 3.36. The van der Waals surface area contributed by atoms with Crippen molar-refractivity contribution in [3.63, 3.8) is 0 Å². The maximum atomic E-state index is 10.9. The zero-order valence-electron chi connectivity index (χ0n) is 7.26. The molecular weight excluding hydrogens is 140 g/mol. The van der Waals surface area contributed by atoms with Crippen LogP contribution in [-0.4, -0.2) is 23.0 Å². The average Bonchev–Trinajstić information content (AvgIpc) is 1.85. The van der Waals surface area contributed by atoms with Crippen molar-refractivity contribution in [2.75, 3.05) is 6.54 Å². The summed E-state index contributed by atoms with van der Waals surface area (Å²) < 4.78 is 0. The van der Waals surface area contributed by atoms with Gasteiger partial charge in [0.1, 0.15) is 0 Å². The Kier molecular flexibility index (Phi) is 2.07. The minimum Gasteiger partial charge on any atom is -0.351 e. The number of piperidine rings is 1. The summed E-state index contributed by atoms with van der Waals surface area (Å²) in [4.78, 5) is 12.7. The van der Waals surface area contributed by atoms with Crippen LogP contribution in [0.1, 0.15) is 33.1 Å². The largest absolute Gasteiger partial charge is 0.351 e. The number of amides is 2. The lowest BCUT2D eigenvalue weighted by Gasteiger charge is -2.41. The third kappa shape index (κ3) is 1.64. The first-order valence-electron chi connectivity index (χ1n) is 4.11. The first kappa shape index (κ1) is 8.37.